The van der Waals surface area contributed by atoms with Crippen LogP contribution in [0.1, 0.15) is 30.7 Å². The van der Waals surface area contributed by atoms with E-state index in [0.29, 0.717) is 44.3 Å². The zero-order valence-corrected chi connectivity index (χ0v) is 16.0. The van der Waals surface area contributed by atoms with Gasteiger partial charge in [-0.2, -0.15) is 0 Å². The van der Waals surface area contributed by atoms with Crippen LogP contribution >= 0.6 is 11.6 Å². The molecule has 1 aromatic rings. The molecule has 144 valence electrons. The third-order valence-corrected chi connectivity index (χ3v) is 6.21. The molecule has 2 aliphatic heterocycles. The summed E-state index contributed by atoms with van der Waals surface area (Å²) in [7, 11) is 0. The molecule has 3 amide bonds. The lowest BCUT2D eigenvalue weighted by Crippen LogP contribution is -2.54. The van der Waals surface area contributed by atoms with Crippen molar-refractivity contribution in [2.45, 2.75) is 25.2 Å². The SMILES string of the molecule is O=C(C(=O)N1CCN(C(=O)C2CC2c2ccccc2Cl)CC1)N1CCCC1. The molecular weight excluding hydrogens is 366 g/mol. The number of amides is 3. The molecular formula is C20H24ClN3O3. The number of benzene rings is 1. The minimum Gasteiger partial charge on any atom is -0.339 e. The maximum Gasteiger partial charge on any atom is 0.312 e. The number of rotatable bonds is 2. The second-order valence-corrected chi connectivity index (χ2v) is 7.99. The van der Waals surface area contributed by atoms with Crippen LogP contribution in [-0.4, -0.2) is 71.7 Å². The van der Waals surface area contributed by atoms with Crippen LogP contribution in [0.4, 0.5) is 0 Å². The minimum atomic E-state index is -0.427. The van der Waals surface area contributed by atoms with Crippen LogP contribution in [0.25, 0.3) is 0 Å². The third kappa shape index (κ3) is 3.68. The number of halogens is 1. The van der Waals surface area contributed by atoms with Crippen molar-refractivity contribution in [2.75, 3.05) is 39.3 Å². The van der Waals surface area contributed by atoms with Crippen molar-refractivity contribution >= 4 is 29.3 Å². The molecule has 4 rings (SSSR count). The molecule has 3 fully saturated rings. The van der Waals surface area contributed by atoms with Gasteiger partial charge in [-0.15, -0.1) is 0 Å². The molecule has 27 heavy (non-hydrogen) atoms. The van der Waals surface area contributed by atoms with Gasteiger partial charge in [-0.1, -0.05) is 29.8 Å². The van der Waals surface area contributed by atoms with Crippen LogP contribution in [0.2, 0.25) is 5.02 Å². The van der Waals surface area contributed by atoms with E-state index in [2.05, 4.69) is 0 Å². The zero-order chi connectivity index (χ0) is 19.0. The number of carbonyl (C=O) groups excluding carboxylic acids is 3. The molecule has 2 saturated heterocycles. The zero-order valence-electron chi connectivity index (χ0n) is 15.3. The summed E-state index contributed by atoms with van der Waals surface area (Å²) in [5.74, 6) is -0.503. The van der Waals surface area contributed by atoms with E-state index in [9.17, 15) is 14.4 Å². The van der Waals surface area contributed by atoms with E-state index < -0.39 is 11.8 Å². The van der Waals surface area contributed by atoms with Crippen molar-refractivity contribution in [3.05, 3.63) is 34.9 Å². The van der Waals surface area contributed by atoms with Gasteiger partial charge in [-0.3, -0.25) is 14.4 Å². The first kappa shape index (κ1) is 18.3. The summed E-state index contributed by atoms with van der Waals surface area (Å²) in [4.78, 5) is 42.5. The Morgan fingerprint density at radius 3 is 2.00 bits per heavy atom. The number of piperazine rings is 1. The lowest BCUT2D eigenvalue weighted by atomic mass is 10.1. The lowest BCUT2D eigenvalue weighted by molar-refractivity contribution is -0.153. The predicted molar refractivity (Wildman–Crippen MR) is 101 cm³/mol. The average molecular weight is 390 g/mol. The van der Waals surface area contributed by atoms with Crippen molar-refractivity contribution in [2.24, 2.45) is 5.92 Å². The number of hydrogen-bond acceptors (Lipinski definition) is 3. The van der Waals surface area contributed by atoms with Crippen molar-refractivity contribution in [3.63, 3.8) is 0 Å². The second kappa shape index (κ2) is 7.50. The van der Waals surface area contributed by atoms with Gasteiger partial charge in [0.2, 0.25) is 5.91 Å². The molecule has 1 saturated carbocycles. The van der Waals surface area contributed by atoms with Gasteiger partial charge in [0.15, 0.2) is 0 Å². The van der Waals surface area contributed by atoms with Crippen LogP contribution < -0.4 is 0 Å². The number of carbonyl (C=O) groups is 3. The standard InChI is InChI=1S/C20H24ClN3O3/c21-17-6-2-1-5-14(17)15-13-16(15)18(25)23-9-11-24(12-10-23)20(27)19(26)22-7-3-4-8-22/h1-2,5-6,15-16H,3-4,7-13H2. The monoisotopic (exact) mass is 389 g/mol. The highest BCUT2D eigenvalue weighted by Crippen LogP contribution is 2.50. The van der Waals surface area contributed by atoms with E-state index in [0.717, 1.165) is 24.8 Å². The van der Waals surface area contributed by atoms with Crippen LogP contribution in [0, 0.1) is 5.92 Å². The topological polar surface area (TPSA) is 60.9 Å². The Morgan fingerprint density at radius 1 is 0.815 bits per heavy atom. The first-order chi connectivity index (χ1) is 13.1. The van der Waals surface area contributed by atoms with E-state index in [1.165, 1.54) is 0 Å². The summed E-state index contributed by atoms with van der Waals surface area (Å²) in [6, 6.07) is 7.69. The third-order valence-electron chi connectivity index (χ3n) is 5.87. The summed E-state index contributed by atoms with van der Waals surface area (Å²) in [5.41, 5.74) is 1.04. The maximum atomic E-state index is 12.8. The second-order valence-electron chi connectivity index (χ2n) is 7.59. The molecule has 7 heteroatoms. The molecule has 1 aliphatic carbocycles. The highest BCUT2D eigenvalue weighted by atomic mass is 35.5. The Labute approximate surface area is 164 Å². The Balaban J connectivity index is 1.29. The average Bonchev–Trinajstić information content (AvgIpc) is 3.29. The fourth-order valence-electron chi connectivity index (χ4n) is 4.14. The van der Waals surface area contributed by atoms with Crippen molar-refractivity contribution < 1.29 is 14.4 Å². The Kier molecular flexibility index (Phi) is 5.08. The maximum absolute atomic E-state index is 12.8. The van der Waals surface area contributed by atoms with E-state index in [-0.39, 0.29) is 17.7 Å². The molecule has 2 unspecified atom stereocenters. The van der Waals surface area contributed by atoms with Gasteiger partial charge >= 0.3 is 11.8 Å². The fourth-order valence-corrected chi connectivity index (χ4v) is 4.42. The van der Waals surface area contributed by atoms with Gasteiger partial charge in [0.1, 0.15) is 0 Å². The molecule has 3 aliphatic rings. The molecule has 1 aromatic carbocycles. The van der Waals surface area contributed by atoms with Crippen LogP contribution in [0.3, 0.4) is 0 Å². The highest BCUT2D eigenvalue weighted by Gasteiger charge is 2.47. The quantitative estimate of drug-likeness (QED) is 0.724. The predicted octanol–water partition coefficient (Wildman–Crippen LogP) is 1.74. The van der Waals surface area contributed by atoms with E-state index in [4.69, 9.17) is 11.6 Å². The van der Waals surface area contributed by atoms with Crippen molar-refractivity contribution in [3.8, 4) is 0 Å². The number of hydrogen-bond donors (Lipinski definition) is 0. The minimum absolute atomic E-state index is 0.0154. The molecule has 0 radical (unpaired) electrons. The largest absolute Gasteiger partial charge is 0.339 e. The van der Waals surface area contributed by atoms with Crippen LogP contribution in [-0.2, 0) is 14.4 Å². The first-order valence-electron chi connectivity index (χ1n) is 9.67. The van der Waals surface area contributed by atoms with Crippen LogP contribution in [0.5, 0.6) is 0 Å². The van der Waals surface area contributed by atoms with Gasteiger partial charge < -0.3 is 14.7 Å². The van der Waals surface area contributed by atoms with Gasteiger partial charge in [0.25, 0.3) is 0 Å². The number of nitrogens with zero attached hydrogens (tertiary/aromatic N) is 3. The molecule has 2 heterocycles. The normalized spacial score (nSPS) is 24.9. The van der Waals surface area contributed by atoms with Gasteiger partial charge in [0, 0.05) is 50.2 Å². The van der Waals surface area contributed by atoms with Gasteiger partial charge in [-0.25, -0.2) is 0 Å². The molecule has 0 bridgehead atoms. The Hall–Kier alpha value is -2.08. The summed E-state index contributed by atoms with van der Waals surface area (Å²) < 4.78 is 0. The molecule has 6 nitrogen and oxygen atoms in total. The summed E-state index contributed by atoms with van der Waals surface area (Å²) in [5, 5.41) is 0.716. The fraction of sp³-hybridized carbons (Fsp3) is 0.550. The van der Waals surface area contributed by atoms with E-state index >= 15 is 0 Å². The highest BCUT2D eigenvalue weighted by molar-refractivity contribution is 6.35. The smallest absolute Gasteiger partial charge is 0.312 e. The van der Waals surface area contributed by atoms with Crippen molar-refractivity contribution in [1.82, 2.24) is 14.7 Å². The van der Waals surface area contributed by atoms with E-state index in [1.807, 2.05) is 29.2 Å². The first-order valence-corrected chi connectivity index (χ1v) is 10.1. The van der Waals surface area contributed by atoms with Crippen LogP contribution in [0.15, 0.2) is 24.3 Å². The Bertz CT molecular complexity index is 755. The van der Waals surface area contributed by atoms with Crippen molar-refractivity contribution in [1.29, 1.82) is 0 Å². The molecule has 0 N–H and O–H groups in total. The molecule has 0 spiro atoms. The van der Waals surface area contributed by atoms with E-state index in [1.54, 1.807) is 9.80 Å². The summed E-state index contributed by atoms with van der Waals surface area (Å²) in [6.07, 6.45) is 2.76. The summed E-state index contributed by atoms with van der Waals surface area (Å²) in [6.45, 7) is 3.18. The lowest BCUT2D eigenvalue weighted by Gasteiger charge is -2.35. The van der Waals surface area contributed by atoms with Gasteiger partial charge in [-0.05, 0) is 36.8 Å². The summed E-state index contributed by atoms with van der Waals surface area (Å²) >= 11 is 6.25. The van der Waals surface area contributed by atoms with Gasteiger partial charge in [0.05, 0.1) is 0 Å². The number of likely N-dealkylation sites (tertiary alicyclic amines) is 1. The molecule has 0 aromatic heterocycles. The Morgan fingerprint density at radius 2 is 1.37 bits per heavy atom. The molecule has 2 atom stereocenters.